The number of hydrogen-bond acceptors (Lipinski definition) is 1. The standard InChI is InChI=1S/C80H52B2O/c1-5-29-53(30-6-1)73-57-37-13-21-45-65(57)77(66-46-22-14-38-58(66)73)81(78-67-47-23-15-39-59(67)74(54-31-7-2-8-32-54)60-40-16-24-48-68(60)78)83-82(79-69-49-25-17-41-61(69)75(55-33-9-3-10-34-55)62-42-18-26-50-70(62)79)80-71-51-27-19-43-63(71)76(56-35-11-4-12-36-56)64-44-20-28-52-72(64)80/h1-52H. The van der Waals surface area contributed by atoms with Gasteiger partial charge < -0.3 is 4.57 Å². The largest absolute Gasteiger partial charge is 0.483 e. The molecule has 0 saturated carbocycles. The van der Waals surface area contributed by atoms with Crippen molar-refractivity contribution < 1.29 is 4.57 Å². The predicted octanol–water partition coefficient (Wildman–Crippen LogP) is 18.5. The van der Waals surface area contributed by atoms with Gasteiger partial charge in [0.2, 0.25) is 0 Å². The maximum Gasteiger partial charge on any atom is 0.349 e. The highest BCUT2D eigenvalue weighted by Gasteiger charge is 2.40. The summed E-state index contributed by atoms with van der Waals surface area (Å²) in [5.41, 5.74) is 14.1. The molecule has 83 heavy (non-hydrogen) atoms. The smallest absolute Gasteiger partial charge is 0.349 e. The summed E-state index contributed by atoms with van der Waals surface area (Å²) in [6, 6.07) is 116. The summed E-state index contributed by atoms with van der Waals surface area (Å²) in [5.74, 6) is 0. The summed E-state index contributed by atoms with van der Waals surface area (Å²) in [5, 5.41) is 18.6. The van der Waals surface area contributed by atoms with E-state index in [0.717, 1.165) is 64.9 Å². The van der Waals surface area contributed by atoms with Crippen LogP contribution in [-0.4, -0.2) is 13.8 Å². The van der Waals surface area contributed by atoms with E-state index in [1.54, 1.807) is 0 Å². The Morgan fingerprint density at radius 3 is 0.434 bits per heavy atom. The van der Waals surface area contributed by atoms with E-state index in [4.69, 9.17) is 4.57 Å². The summed E-state index contributed by atoms with van der Waals surface area (Å²) in [6.45, 7) is -1.34. The fourth-order valence-corrected chi connectivity index (χ4v) is 14.1. The minimum absolute atomic E-state index is 0.670. The van der Waals surface area contributed by atoms with Crippen LogP contribution in [0.4, 0.5) is 0 Å². The van der Waals surface area contributed by atoms with Crippen molar-refractivity contribution in [3.63, 3.8) is 0 Å². The molecule has 0 spiro atoms. The highest BCUT2D eigenvalue weighted by molar-refractivity contribution is 6.98. The first-order chi connectivity index (χ1) is 41.3. The maximum atomic E-state index is 9.04. The zero-order valence-corrected chi connectivity index (χ0v) is 45.6. The highest BCUT2D eigenvalue weighted by atomic mass is 16.4. The second kappa shape index (κ2) is 20.3. The van der Waals surface area contributed by atoms with Gasteiger partial charge in [0, 0.05) is 0 Å². The second-order valence-electron chi connectivity index (χ2n) is 21.9. The van der Waals surface area contributed by atoms with Crippen LogP contribution in [0, 0.1) is 0 Å². The molecule has 0 amide bonds. The molecule has 0 atom stereocenters. The molecule has 0 aliphatic carbocycles. The first kappa shape index (κ1) is 48.6. The Hall–Kier alpha value is -10.3. The van der Waals surface area contributed by atoms with E-state index < -0.39 is 13.8 Å². The van der Waals surface area contributed by atoms with Crippen molar-refractivity contribution in [3.05, 3.63) is 315 Å². The molecule has 16 aromatic rings. The van der Waals surface area contributed by atoms with Crippen molar-refractivity contribution >= 4 is 122 Å². The Balaban J connectivity index is 1.12. The number of benzene rings is 16. The number of fused-ring (bicyclic) bond motifs is 8. The van der Waals surface area contributed by atoms with Gasteiger partial charge in [0.15, 0.2) is 0 Å². The summed E-state index contributed by atoms with van der Waals surface area (Å²) in [6.07, 6.45) is 0. The van der Waals surface area contributed by atoms with Crippen molar-refractivity contribution in [1.82, 2.24) is 0 Å². The number of hydrogen-bond donors (Lipinski definition) is 0. The topological polar surface area (TPSA) is 9.23 Å². The van der Waals surface area contributed by atoms with Crippen LogP contribution in [0.3, 0.4) is 0 Å². The quantitative estimate of drug-likeness (QED) is 0.0980. The molecule has 0 heterocycles. The molecule has 0 aliphatic heterocycles. The molecule has 1 nitrogen and oxygen atoms in total. The van der Waals surface area contributed by atoms with Gasteiger partial charge in [-0.25, -0.2) is 0 Å². The molecule has 0 bridgehead atoms. The van der Waals surface area contributed by atoms with Crippen LogP contribution in [0.1, 0.15) is 0 Å². The van der Waals surface area contributed by atoms with Gasteiger partial charge >= 0.3 is 13.8 Å². The van der Waals surface area contributed by atoms with Gasteiger partial charge in [0.05, 0.1) is 0 Å². The lowest BCUT2D eigenvalue weighted by molar-refractivity contribution is 0.636. The summed E-state index contributed by atoms with van der Waals surface area (Å²) in [7, 11) is 0. The Labute approximate surface area is 483 Å². The van der Waals surface area contributed by atoms with Crippen LogP contribution >= 0.6 is 0 Å². The van der Waals surface area contributed by atoms with E-state index >= 15 is 0 Å². The minimum Gasteiger partial charge on any atom is -0.483 e. The third kappa shape index (κ3) is 7.92. The van der Waals surface area contributed by atoms with Crippen LogP contribution in [0.5, 0.6) is 0 Å². The van der Waals surface area contributed by atoms with Gasteiger partial charge in [-0.15, -0.1) is 0 Å². The fourth-order valence-electron chi connectivity index (χ4n) is 14.1. The fraction of sp³-hybridized carbons (Fsp3) is 0. The molecule has 0 fully saturated rings. The van der Waals surface area contributed by atoms with Crippen molar-refractivity contribution in [1.29, 1.82) is 0 Å². The van der Waals surface area contributed by atoms with Gasteiger partial charge in [-0.2, -0.15) is 0 Å². The monoisotopic (exact) mass is 1050 g/mol. The second-order valence-corrected chi connectivity index (χ2v) is 21.9. The molecule has 0 saturated heterocycles. The number of rotatable bonds is 10. The Kier molecular flexibility index (Phi) is 11.9. The molecule has 0 N–H and O–H groups in total. The molecule has 0 aromatic heterocycles. The Morgan fingerprint density at radius 1 is 0.145 bits per heavy atom. The molecular formula is C80H52B2O. The minimum atomic E-state index is -0.670. The zero-order chi connectivity index (χ0) is 54.8. The predicted molar refractivity (Wildman–Crippen MR) is 359 cm³/mol. The molecule has 3 heteroatoms. The molecule has 0 radical (unpaired) electrons. The van der Waals surface area contributed by atoms with Crippen molar-refractivity contribution in [2.75, 3.05) is 0 Å². The summed E-state index contributed by atoms with van der Waals surface area (Å²) in [4.78, 5) is 0. The van der Waals surface area contributed by atoms with E-state index in [9.17, 15) is 0 Å². The van der Waals surface area contributed by atoms with Gasteiger partial charge in [0.25, 0.3) is 0 Å². The average molecular weight is 1050 g/mol. The third-order valence-electron chi connectivity index (χ3n) is 17.5. The molecule has 16 aromatic carbocycles. The molecule has 384 valence electrons. The van der Waals surface area contributed by atoms with Crippen LogP contribution in [-0.2, 0) is 4.57 Å². The molecule has 0 unspecified atom stereocenters. The zero-order valence-electron chi connectivity index (χ0n) is 45.6. The molecule has 16 rings (SSSR count). The van der Waals surface area contributed by atoms with Crippen molar-refractivity contribution in [3.8, 4) is 44.5 Å². The summed E-state index contributed by atoms with van der Waals surface area (Å²) >= 11 is 0. The first-order valence-electron chi connectivity index (χ1n) is 28.9. The first-order valence-corrected chi connectivity index (χ1v) is 28.9. The van der Waals surface area contributed by atoms with Crippen LogP contribution in [0.15, 0.2) is 315 Å². The van der Waals surface area contributed by atoms with E-state index in [0.29, 0.717) is 0 Å². The van der Waals surface area contributed by atoms with E-state index in [2.05, 4.69) is 315 Å². The molecule has 0 aliphatic rings. The SMILES string of the molecule is c1ccc(-c2c3ccccc3c(B(OB(c3c4ccccc4c(-c4ccccc4)c4ccccc34)c3c4ccccc4c(-c4ccccc4)c4ccccc34)c3c4ccccc4c(-c4ccccc4)c4ccccc34)c3ccccc23)cc1. The van der Waals surface area contributed by atoms with Crippen LogP contribution in [0.2, 0.25) is 0 Å². The maximum absolute atomic E-state index is 9.04. The van der Waals surface area contributed by atoms with Gasteiger partial charge in [-0.05, 0) is 153 Å². The van der Waals surface area contributed by atoms with Crippen LogP contribution < -0.4 is 21.9 Å². The van der Waals surface area contributed by atoms with E-state index in [1.807, 2.05) is 0 Å². The van der Waals surface area contributed by atoms with Crippen molar-refractivity contribution in [2.24, 2.45) is 0 Å². The van der Waals surface area contributed by atoms with E-state index in [1.165, 1.54) is 87.6 Å². The molecular weight excluding hydrogens is 999 g/mol. The normalized spacial score (nSPS) is 11.7. The Bertz CT molecular complexity index is 4300. The summed E-state index contributed by atoms with van der Waals surface area (Å²) < 4.78 is 9.04. The third-order valence-corrected chi connectivity index (χ3v) is 17.5. The lowest BCUT2D eigenvalue weighted by Gasteiger charge is -2.31. The highest BCUT2D eigenvalue weighted by Crippen LogP contribution is 2.42. The Morgan fingerprint density at radius 2 is 0.277 bits per heavy atom. The lowest BCUT2D eigenvalue weighted by atomic mass is 9.44. The van der Waals surface area contributed by atoms with E-state index in [-0.39, 0.29) is 0 Å². The van der Waals surface area contributed by atoms with Crippen molar-refractivity contribution in [2.45, 2.75) is 0 Å². The van der Waals surface area contributed by atoms with Gasteiger partial charge in [-0.3, -0.25) is 0 Å². The lowest BCUT2D eigenvalue weighted by Crippen LogP contribution is -2.57. The van der Waals surface area contributed by atoms with Crippen LogP contribution in [0.25, 0.3) is 131 Å². The van der Waals surface area contributed by atoms with Gasteiger partial charge in [-0.1, -0.05) is 315 Å². The van der Waals surface area contributed by atoms with Gasteiger partial charge in [0.1, 0.15) is 0 Å². The average Bonchev–Trinajstić information content (AvgIpc) is 1.42.